The first-order valence-corrected chi connectivity index (χ1v) is 17.2. The highest BCUT2D eigenvalue weighted by Crippen LogP contribution is 2.38. The largest absolute Gasteiger partial charge is 0.496 e. The number of ether oxygens (including phenoxy) is 3. The molecule has 2 fully saturated rings. The number of likely N-dealkylation sites (tertiary alicyclic amines) is 2. The quantitative estimate of drug-likeness (QED) is 0.196. The first-order chi connectivity index (χ1) is 23.8. The molecule has 2 amide bonds. The zero-order valence-corrected chi connectivity index (χ0v) is 30.5. The molecule has 2 aromatic carbocycles. The number of nitriles is 1. The van der Waals surface area contributed by atoms with Crippen molar-refractivity contribution in [2.24, 2.45) is 12.5 Å². The topological polar surface area (TPSA) is 114 Å². The van der Waals surface area contributed by atoms with E-state index in [1.165, 1.54) is 14.2 Å². The number of nitrogens with zero attached hydrogens (tertiary/aromatic N) is 4. The van der Waals surface area contributed by atoms with Crippen LogP contribution in [-0.2, 0) is 11.8 Å². The molecule has 50 heavy (non-hydrogen) atoms. The van der Waals surface area contributed by atoms with Crippen LogP contribution < -0.4 is 19.8 Å². The molecule has 10 nitrogen and oxygen atoms in total. The van der Waals surface area contributed by atoms with E-state index in [1.54, 1.807) is 28.8 Å². The number of carbonyl (C=O) groups excluding carboxylic acids is 2. The maximum atomic E-state index is 13.9. The number of methoxy groups -OCH3 is 2. The second-order valence-corrected chi connectivity index (χ2v) is 14.3. The van der Waals surface area contributed by atoms with Gasteiger partial charge in [-0.25, -0.2) is 0 Å². The molecule has 0 aliphatic carbocycles. The lowest BCUT2D eigenvalue weighted by Gasteiger charge is -2.33. The van der Waals surface area contributed by atoms with E-state index in [9.17, 15) is 19.6 Å². The van der Waals surface area contributed by atoms with E-state index < -0.39 is 0 Å². The van der Waals surface area contributed by atoms with Crippen molar-refractivity contribution in [2.75, 3.05) is 33.9 Å². The highest BCUT2D eigenvalue weighted by atomic mass is 16.5. The van der Waals surface area contributed by atoms with E-state index in [2.05, 4.69) is 6.07 Å². The Morgan fingerprint density at radius 3 is 2.22 bits per heavy atom. The Morgan fingerprint density at radius 2 is 1.62 bits per heavy atom. The average Bonchev–Trinajstić information content (AvgIpc) is 3.60. The number of pyridine rings is 1. The second-order valence-electron chi connectivity index (χ2n) is 14.3. The van der Waals surface area contributed by atoms with E-state index in [0.29, 0.717) is 55.1 Å². The molecule has 2 aliphatic rings. The Hall–Kier alpha value is -5.04. The van der Waals surface area contributed by atoms with Crippen molar-refractivity contribution in [3.8, 4) is 34.4 Å². The number of aromatic nitrogens is 1. The maximum absolute atomic E-state index is 13.9. The fraction of sp³-hybridized carbons (Fsp3) is 0.450. The van der Waals surface area contributed by atoms with Gasteiger partial charge in [-0.2, -0.15) is 5.26 Å². The van der Waals surface area contributed by atoms with Gasteiger partial charge in [0.05, 0.1) is 20.3 Å². The first kappa shape index (κ1) is 36.2. The molecule has 3 aromatic rings. The summed E-state index contributed by atoms with van der Waals surface area (Å²) in [6.45, 7) is 11.3. The standard InChI is InChI=1S/C40H48N4O6/c1-25-26(2)37(45)42(6)24-32(25)28-20-34(48-7)36(35(21-28)49-8)39(47)43-17-14-30(15-18-43)50-31-12-9-11-27(19-31)33-13-10-16-44(33)38(46)29(23-41)22-40(3,4)5/h9,11-12,19-22,24,30,33H,10,13-18H2,1-8H3. The fourth-order valence-corrected chi connectivity index (χ4v) is 6.95. The van der Waals surface area contributed by atoms with Crippen molar-refractivity contribution >= 4 is 11.8 Å². The van der Waals surface area contributed by atoms with Crippen molar-refractivity contribution in [3.05, 3.63) is 86.9 Å². The average molecular weight is 681 g/mol. The Morgan fingerprint density at radius 1 is 0.960 bits per heavy atom. The van der Waals surface area contributed by atoms with Crippen molar-refractivity contribution in [1.29, 1.82) is 5.26 Å². The van der Waals surface area contributed by atoms with Gasteiger partial charge in [0.2, 0.25) is 0 Å². The third kappa shape index (κ3) is 7.57. The molecule has 0 bridgehead atoms. The van der Waals surface area contributed by atoms with Crippen LogP contribution >= 0.6 is 0 Å². The van der Waals surface area contributed by atoms with Crippen LogP contribution in [0.3, 0.4) is 0 Å². The van der Waals surface area contributed by atoms with Crippen LogP contribution in [0.1, 0.15) is 79.5 Å². The van der Waals surface area contributed by atoms with Gasteiger partial charge in [-0.1, -0.05) is 39.0 Å². The summed E-state index contributed by atoms with van der Waals surface area (Å²) in [6.07, 6.45) is 6.44. The van der Waals surface area contributed by atoms with E-state index in [0.717, 1.165) is 40.8 Å². The molecule has 0 radical (unpaired) electrons. The van der Waals surface area contributed by atoms with Crippen molar-refractivity contribution in [3.63, 3.8) is 0 Å². The minimum absolute atomic E-state index is 0.0520. The molecule has 3 heterocycles. The number of rotatable bonds is 8. The van der Waals surface area contributed by atoms with Gasteiger partial charge in [0.1, 0.15) is 40.6 Å². The predicted octanol–water partition coefficient (Wildman–Crippen LogP) is 6.53. The van der Waals surface area contributed by atoms with Crippen LogP contribution in [0.5, 0.6) is 17.2 Å². The Labute approximate surface area is 294 Å². The lowest BCUT2D eigenvalue weighted by molar-refractivity contribution is -0.127. The summed E-state index contributed by atoms with van der Waals surface area (Å²) < 4.78 is 19.5. The molecule has 1 atom stereocenters. The van der Waals surface area contributed by atoms with Crippen LogP contribution in [0.2, 0.25) is 0 Å². The molecule has 10 heteroatoms. The third-order valence-electron chi connectivity index (χ3n) is 9.68. The second kappa shape index (κ2) is 14.8. The molecular weight excluding hydrogens is 632 g/mol. The molecule has 0 spiro atoms. The fourth-order valence-electron chi connectivity index (χ4n) is 6.95. The number of aryl methyl sites for hydroxylation is 1. The summed E-state index contributed by atoms with van der Waals surface area (Å²) in [6, 6.07) is 13.5. The number of hydrogen-bond acceptors (Lipinski definition) is 7. The van der Waals surface area contributed by atoms with Gasteiger partial charge < -0.3 is 28.6 Å². The molecule has 264 valence electrons. The van der Waals surface area contributed by atoms with Crippen molar-refractivity contribution in [1.82, 2.24) is 14.4 Å². The Kier molecular flexibility index (Phi) is 10.8. The van der Waals surface area contributed by atoms with Crippen molar-refractivity contribution in [2.45, 2.75) is 72.4 Å². The van der Waals surface area contributed by atoms with Gasteiger partial charge in [-0.05, 0) is 73.1 Å². The number of benzene rings is 2. The van der Waals surface area contributed by atoms with E-state index in [-0.39, 0.29) is 40.5 Å². The third-order valence-corrected chi connectivity index (χ3v) is 9.68. The van der Waals surface area contributed by atoms with Crippen LogP contribution in [0.15, 0.2) is 59.0 Å². The lowest BCUT2D eigenvalue weighted by atomic mass is 9.93. The molecule has 1 unspecified atom stereocenters. The molecular formula is C40H48N4O6. The molecule has 0 saturated carbocycles. The van der Waals surface area contributed by atoms with Gasteiger partial charge in [0.25, 0.3) is 17.4 Å². The van der Waals surface area contributed by atoms with Gasteiger partial charge in [-0.3, -0.25) is 14.4 Å². The van der Waals surface area contributed by atoms with Crippen LogP contribution in [0.4, 0.5) is 0 Å². The summed E-state index contributed by atoms with van der Waals surface area (Å²) in [5.74, 6) is 1.12. The molecule has 0 N–H and O–H groups in total. The zero-order valence-electron chi connectivity index (χ0n) is 30.5. The van der Waals surface area contributed by atoms with Crippen LogP contribution in [0, 0.1) is 30.6 Å². The summed E-state index contributed by atoms with van der Waals surface area (Å²) in [5, 5.41) is 9.73. The Bertz CT molecular complexity index is 1880. The highest BCUT2D eigenvalue weighted by Gasteiger charge is 2.33. The molecule has 5 rings (SSSR count). The summed E-state index contributed by atoms with van der Waals surface area (Å²) in [4.78, 5) is 43.4. The molecule has 2 saturated heterocycles. The monoisotopic (exact) mass is 680 g/mol. The minimum Gasteiger partial charge on any atom is -0.496 e. The van der Waals surface area contributed by atoms with Crippen molar-refractivity contribution < 1.29 is 23.8 Å². The number of hydrogen-bond donors (Lipinski definition) is 0. The predicted molar refractivity (Wildman–Crippen MR) is 193 cm³/mol. The summed E-state index contributed by atoms with van der Waals surface area (Å²) in [5.41, 5.74) is 4.36. The minimum atomic E-state index is -0.281. The lowest BCUT2D eigenvalue weighted by Crippen LogP contribution is -2.42. The number of piperidine rings is 1. The van der Waals surface area contributed by atoms with Crippen LogP contribution in [0.25, 0.3) is 11.1 Å². The highest BCUT2D eigenvalue weighted by molar-refractivity contribution is 6.01. The SMILES string of the molecule is COc1cc(-c2cn(C)c(=O)c(C)c2C)cc(OC)c1C(=O)N1CCC(Oc2cccc(C3CCCN3C(=O)C(C#N)=CC(C)(C)C)c2)CC1. The van der Waals surface area contributed by atoms with E-state index in [4.69, 9.17) is 14.2 Å². The number of allylic oxidation sites excluding steroid dienone is 1. The van der Waals surface area contributed by atoms with Gasteiger partial charge in [0.15, 0.2) is 0 Å². The van der Waals surface area contributed by atoms with Gasteiger partial charge in [-0.15, -0.1) is 0 Å². The molecule has 1 aromatic heterocycles. The summed E-state index contributed by atoms with van der Waals surface area (Å²) in [7, 11) is 4.79. The maximum Gasteiger partial charge on any atom is 0.264 e. The normalized spacial score (nSPS) is 17.0. The molecule has 2 aliphatic heterocycles. The first-order valence-electron chi connectivity index (χ1n) is 17.2. The van der Waals surface area contributed by atoms with E-state index in [1.807, 2.05) is 75.9 Å². The van der Waals surface area contributed by atoms with Gasteiger partial charge >= 0.3 is 0 Å². The van der Waals surface area contributed by atoms with E-state index >= 15 is 0 Å². The summed E-state index contributed by atoms with van der Waals surface area (Å²) >= 11 is 0. The smallest absolute Gasteiger partial charge is 0.264 e. The number of carbonyl (C=O) groups is 2. The number of amides is 2. The van der Waals surface area contributed by atoms with Crippen LogP contribution in [-0.4, -0.2) is 66.1 Å². The van der Waals surface area contributed by atoms with Gasteiger partial charge in [0, 0.05) is 56.8 Å². The zero-order chi connectivity index (χ0) is 36.3. The Balaban J connectivity index is 1.28.